The van der Waals surface area contributed by atoms with Crippen LogP contribution in [0.1, 0.15) is 28.5 Å². The number of pyridine rings is 2. The van der Waals surface area contributed by atoms with Crippen molar-refractivity contribution < 1.29 is 14.7 Å². The van der Waals surface area contributed by atoms with E-state index >= 15 is 0 Å². The average molecular weight is 299 g/mol. The molecule has 0 aliphatic carbocycles. The van der Waals surface area contributed by atoms with E-state index in [4.69, 9.17) is 0 Å². The average Bonchev–Trinajstić information content (AvgIpc) is 2.55. The molecule has 2 aromatic rings. The summed E-state index contributed by atoms with van der Waals surface area (Å²) in [5.41, 5.74) is 1.99. The van der Waals surface area contributed by atoms with E-state index in [1.165, 1.54) is 0 Å². The predicted octanol–water partition coefficient (Wildman–Crippen LogP) is 1.46. The molecule has 1 unspecified atom stereocenters. The van der Waals surface area contributed by atoms with Crippen molar-refractivity contribution >= 4 is 11.9 Å². The number of hydrogen-bond acceptors (Lipinski definition) is 4. The van der Waals surface area contributed by atoms with Crippen molar-refractivity contribution in [3.05, 3.63) is 59.7 Å². The fraction of sp³-hybridized carbons (Fsp3) is 0.250. The summed E-state index contributed by atoms with van der Waals surface area (Å²) in [5.74, 6) is -1.58. The maximum Gasteiger partial charge on any atom is 0.326 e. The van der Waals surface area contributed by atoms with Crippen LogP contribution < -0.4 is 5.32 Å². The first-order chi connectivity index (χ1) is 10.6. The molecule has 6 heteroatoms. The molecule has 2 aromatic heterocycles. The predicted molar refractivity (Wildman–Crippen MR) is 80.4 cm³/mol. The standard InChI is InChI=1S/C16H17N3O3/c1-2-11-5-8-18-13(9-11)15(20)19-14(16(21)22)10-12-3-6-17-7-4-12/h3-9,14H,2,10H2,1H3,(H,19,20)(H,21,22). The Labute approximate surface area is 128 Å². The molecule has 114 valence electrons. The number of carboxylic acids is 1. The quantitative estimate of drug-likeness (QED) is 0.842. The summed E-state index contributed by atoms with van der Waals surface area (Å²) in [6, 6.07) is 5.92. The van der Waals surface area contributed by atoms with Crippen LogP contribution in [-0.2, 0) is 17.6 Å². The van der Waals surface area contributed by atoms with Crippen LogP contribution in [0.3, 0.4) is 0 Å². The van der Waals surface area contributed by atoms with Gasteiger partial charge in [0.15, 0.2) is 0 Å². The highest BCUT2D eigenvalue weighted by atomic mass is 16.4. The van der Waals surface area contributed by atoms with E-state index in [1.807, 2.05) is 13.0 Å². The van der Waals surface area contributed by atoms with Gasteiger partial charge in [-0.3, -0.25) is 14.8 Å². The molecule has 22 heavy (non-hydrogen) atoms. The molecule has 2 rings (SSSR count). The lowest BCUT2D eigenvalue weighted by molar-refractivity contribution is -0.139. The first-order valence-electron chi connectivity index (χ1n) is 6.97. The minimum absolute atomic E-state index is 0.192. The van der Waals surface area contributed by atoms with Crippen molar-refractivity contribution in [3.63, 3.8) is 0 Å². The summed E-state index contributed by atoms with van der Waals surface area (Å²) in [7, 11) is 0. The van der Waals surface area contributed by atoms with Gasteiger partial charge in [0.05, 0.1) is 0 Å². The number of nitrogens with zero attached hydrogens (tertiary/aromatic N) is 2. The first kappa shape index (κ1) is 15.6. The maximum atomic E-state index is 12.2. The molecule has 0 aliphatic heterocycles. The molecule has 0 aliphatic rings. The second kappa shape index (κ2) is 7.31. The minimum Gasteiger partial charge on any atom is -0.480 e. The third-order valence-corrected chi connectivity index (χ3v) is 3.26. The molecule has 0 spiro atoms. The number of aryl methyl sites for hydroxylation is 1. The van der Waals surface area contributed by atoms with Gasteiger partial charge >= 0.3 is 5.97 Å². The van der Waals surface area contributed by atoms with Crippen molar-refractivity contribution in [1.29, 1.82) is 0 Å². The molecule has 0 saturated carbocycles. The lowest BCUT2D eigenvalue weighted by Crippen LogP contribution is -2.42. The SMILES string of the molecule is CCc1ccnc(C(=O)NC(Cc2ccncc2)C(=O)O)c1. The van der Waals surface area contributed by atoms with Crippen LogP contribution in [0.4, 0.5) is 0 Å². The van der Waals surface area contributed by atoms with Gasteiger partial charge in [0, 0.05) is 25.0 Å². The van der Waals surface area contributed by atoms with E-state index in [1.54, 1.807) is 36.8 Å². The monoisotopic (exact) mass is 299 g/mol. The van der Waals surface area contributed by atoms with Gasteiger partial charge in [-0.25, -0.2) is 4.79 Å². The Balaban J connectivity index is 2.10. The molecule has 0 radical (unpaired) electrons. The van der Waals surface area contributed by atoms with Gasteiger partial charge in [0.2, 0.25) is 0 Å². The van der Waals surface area contributed by atoms with E-state index in [-0.39, 0.29) is 12.1 Å². The molecule has 0 bridgehead atoms. The Morgan fingerprint density at radius 3 is 2.50 bits per heavy atom. The Morgan fingerprint density at radius 2 is 1.86 bits per heavy atom. The van der Waals surface area contributed by atoms with Gasteiger partial charge in [0.1, 0.15) is 11.7 Å². The molecule has 2 heterocycles. The smallest absolute Gasteiger partial charge is 0.326 e. The van der Waals surface area contributed by atoms with Crippen molar-refractivity contribution in [3.8, 4) is 0 Å². The number of rotatable bonds is 6. The van der Waals surface area contributed by atoms with E-state index in [2.05, 4.69) is 15.3 Å². The zero-order valence-corrected chi connectivity index (χ0v) is 12.2. The minimum atomic E-state index is -1.09. The molecule has 2 N–H and O–H groups in total. The van der Waals surface area contributed by atoms with Crippen molar-refractivity contribution in [1.82, 2.24) is 15.3 Å². The summed E-state index contributed by atoms with van der Waals surface area (Å²) in [6.45, 7) is 1.97. The number of nitrogens with one attached hydrogen (secondary N) is 1. The third kappa shape index (κ3) is 4.12. The van der Waals surface area contributed by atoms with Crippen molar-refractivity contribution in [2.75, 3.05) is 0 Å². The molecule has 1 atom stereocenters. The van der Waals surface area contributed by atoms with Gasteiger partial charge in [-0.05, 0) is 41.8 Å². The van der Waals surface area contributed by atoms with Gasteiger partial charge in [0.25, 0.3) is 5.91 Å². The molecule has 0 fully saturated rings. The van der Waals surface area contributed by atoms with Crippen LogP contribution in [0.15, 0.2) is 42.9 Å². The summed E-state index contributed by atoms with van der Waals surface area (Å²) in [6.07, 6.45) is 5.69. The number of carbonyl (C=O) groups excluding carboxylic acids is 1. The van der Waals surface area contributed by atoms with Crippen LogP contribution in [0.5, 0.6) is 0 Å². The Kier molecular flexibility index (Phi) is 5.19. The highest BCUT2D eigenvalue weighted by molar-refractivity contribution is 5.95. The van der Waals surface area contributed by atoms with E-state index in [9.17, 15) is 14.7 Å². The Bertz CT molecular complexity index is 659. The number of aromatic nitrogens is 2. The molecule has 1 amide bonds. The van der Waals surface area contributed by atoms with Crippen LogP contribution >= 0.6 is 0 Å². The lowest BCUT2D eigenvalue weighted by Gasteiger charge is -2.14. The van der Waals surface area contributed by atoms with Crippen molar-refractivity contribution in [2.45, 2.75) is 25.8 Å². The highest BCUT2D eigenvalue weighted by Gasteiger charge is 2.21. The van der Waals surface area contributed by atoms with Gasteiger partial charge in [-0.1, -0.05) is 6.92 Å². The summed E-state index contributed by atoms with van der Waals surface area (Å²) in [5, 5.41) is 11.8. The third-order valence-electron chi connectivity index (χ3n) is 3.26. The largest absolute Gasteiger partial charge is 0.480 e. The first-order valence-corrected chi connectivity index (χ1v) is 6.97. The van der Waals surface area contributed by atoms with Gasteiger partial charge < -0.3 is 10.4 Å². The van der Waals surface area contributed by atoms with E-state index in [0.29, 0.717) is 0 Å². The summed E-state index contributed by atoms with van der Waals surface area (Å²) in [4.78, 5) is 31.4. The molecule has 0 aromatic carbocycles. The summed E-state index contributed by atoms with van der Waals surface area (Å²) < 4.78 is 0. The number of aliphatic carboxylic acids is 1. The second-order valence-corrected chi connectivity index (χ2v) is 4.83. The fourth-order valence-electron chi connectivity index (χ4n) is 2.01. The van der Waals surface area contributed by atoms with Crippen LogP contribution in [-0.4, -0.2) is 33.0 Å². The molecule has 0 saturated heterocycles. The van der Waals surface area contributed by atoms with Crippen LogP contribution in [0.25, 0.3) is 0 Å². The Hall–Kier alpha value is -2.76. The second-order valence-electron chi connectivity index (χ2n) is 4.83. The number of hydrogen-bond donors (Lipinski definition) is 2. The normalized spacial score (nSPS) is 11.7. The fourth-order valence-corrected chi connectivity index (χ4v) is 2.01. The highest BCUT2D eigenvalue weighted by Crippen LogP contribution is 2.06. The van der Waals surface area contributed by atoms with E-state index < -0.39 is 17.9 Å². The summed E-state index contributed by atoms with van der Waals surface area (Å²) >= 11 is 0. The zero-order chi connectivity index (χ0) is 15.9. The van der Waals surface area contributed by atoms with Crippen LogP contribution in [0, 0.1) is 0 Å². The van der Waals surface area contributed by atoms with E-state index in [0.717, 1.165) is 17.5 Å². The number of carbonyl (C=O) groups is 2. The number of carboxylic acid groups (broad SMARTS) is 1. The lowest BCUT2D eigenvalue weighted by atomic mass is 10.1. The zero-order valence-electron chi connectivity index (χ0n) is 12.2. The van der Waals surface area contributed by atoms with Gasteiger partial charge in [-0.15, -0.1) is 0 Å². The maximum absolute atomic E-state index is 12.2. The van der Waals surface area contributed by atoms with Crippen LogP contribution in [0.2, 0.25) is 0 Å². The molecular formula is C16H17N3O3. The number of amides is 1. The van der Waals surface area contributed by atoms with Crippen molar-refractivity contribution in [2.24, 2.45) is 0 Å². The molecular weight excluding hydrogens is 282 g/mol. The Morgan fingerprint density at radius 1 is 1.18 bits per heavy atom. The van der Waals surface area contributed by atoms with Gasteiger partial charge in [-0.2, -0.15) is 0 Å². The molecule has 6 nitrogen and oxygen atoms in total. The topological polar surface area (TPSA) is 92.2 Å².